The molecule has 0 saturated carbocycles. The average Bonchev–Trinajstić information content (AvgIpc) is 2.62. The molecule has 0 N–H and O–H groups in total. The van der Waals surface area contributed by atoms with E-state index in [1.807, 2.05) is 13.8 Å². The summed E-state index contributed by atoms with van der Waals surface area (Å²) in [5.74, 6) is 0.153. The zero-order valence-electron chi connectivity index (χ0n) is 9.17. The summed E-state index contributed by atoms with van der Waals surface area (Å²) in [5.41, 5.74) is 3.93. The fourth-order valence-corrected chi connectivity index (χ4v) is 1.88. The van der Waals surface area contributed by atoms with Crippen LogP contribution in [0.5, 0.6) is 0 Å². The van der Waals surface area contributed by atoms with Gasteiger partial charge in [-0.25, -0.2) is 0 Å². The summed E-state index contributed by atoms with van der Waals surface area (Å²) in [6, 6.07) is 8.74. The zero-order chi connectivity index (χ0) is 10.6. The van der Waals surface area contributed by atoms with Crippen LogP contribution in [0.15, 0.2) is 18.2 Å². The molecule has 1 aromatic rings. The van der Waals surface area contributed by atoms with E-state index in [1.165, 1.54) is 16.7 Å². The number of nitrogens with zero attached hydrogens (tertiary/aromatic N) is 1. The third kappa shape index (κ3) is 1.96. The van der Waals surface area contributed by atoms with E-state index in [-0.39, 0.29) is 5.92 Å². The Hall–Kier alpha value is -1.29. The lowest BCUT2D eigenvalue weighted by Crippen LogP contribution is -1.88. The molecule has 74 valence electrons. The Kier molecular flexibility index (Phi) is 3.71. The molecule has 1 nitrogen and oxygen atoms in total. The first-order chi connectivity index (χ1) is 6.81. The molecule has 0 aliphatic heterocycles. The molecule has 1 unspecified atom stereocenters. The van der Waals surface area contributed by atoms with Gasteiger partial charge >= 0.3 is 0 Å². The standard InChI is InChI=1S/C11H11N.C2H6/c1-8-2-5-11-9(6-8)3-4-10(11)7-12;1-2/h2,5-6,10H,3-4H2,1H3;1-2H3. The van der Waals surface area contributed by atoms with Gasteiger partial charge in [0.15, 0.2) is 0 Å². The molecule has 1 heteroatoms. The number of benzene rings is 1. The molecule has 0 spiro atoms. The van der Waals surface area contributed by atoms with E-state index < -0.39 is 0 Å². The maximum absolute atomic E-state index is 8.83. The summed E-state index contributed by atoms with van der Waals surface area (Å²) in [6.07, 6.45) is 2.09. The Labute approximate surface area is 86.4 Å². The van der Waals surface area contributed by atoms with Gasteiger partial charge in [-0.2, -0.15) is 5.26 Å². The van der Waals surface area contributed by atoms with Crippen molar-refractivity contribution in [1.29, 1.82) is 5.26 Å². The van der Waals surface area contributed by atoms with Crippen LogP contribution in [0.3, 0.4) is 0 Å². The normalized spacial score (nSPS) is 17.7. The molecule has 1 aliphatic carbocycles. The average molecular weight is 187 g/mol. The van der Waals surface area contributed by atoms with Crippen LogP contribution in [0.4, 0.5) is 0 Å². The van der Waals surface area contributed by atoms with Gasteiger partial charge in [-0.05, 0) is 30.9 Å². The highest BCUT2D eigenvalue weighted by molar-refractivity contribution is 5.40. The fourth-order valence-electron chi connectivity index (χ4n) is 1.88. The van der Waals surface area contributed by atoms with Gasteiger partial charge in [-0.15, -0.1) is 0 Å². The van der Waals surface area contributed by atoms with Gasteiger partial charge in [0.25, 0.3) is 0 Å². The van der Waals surface area contributed by atoms with Crippen molar-refractivity contribution >= 4 is 0 Å². The summed E-state index contributed by atoms with van der Waals surface area (Å²) in [4.78, 5) is 0. The molecule has 14 heavy (non-hydrogen) atoms. The van der Waals surface area contributed by atoms with Gasteiger partial charge in [-0.3, -0.25) is 0 Å². The Morgan fingerprint density at radius 3 is 2.71 bits per heavy atom. The predicted octanol–water partition coefficient (Wildman–Crippen LogP) is 3.57. The molecule has 1 aromatic carbocycles. The highest BCUT2D eigenvalue weighted by Crippen LogP contribution is 2.32. The third-order valence-electron chi connectivity index (χ3n) is 2.53. The minimum absolute atomic E-state index is 0.153. The van der Waals surface area contributed by atoms with Crippen LogP contribution in [-0.4, -0.2) is 0 Å². The zero-order valence-corrected chi connectivity index (χ0v) is 9.17. The maximum Gasteiger partial charge on any atom is 0.0718 e. The molecule has 0 aromatic heterocycles. The van der Waals surface area contributed by atoms with Crippen LogP contribution in [0, 0.1) is 18.3 Å². The van der Waals surface area contributed by atoms with Crippen LogP contribution in [0.1, 0.15) is 42.9 Å². The lowest BCUT2D eigenvalue weighted by molar-refractivity contribution is 0.826. The molecule has 0 saturated heterocycles. The van der Waals surface area contributed by atoms with Crippen molar-refractivity contribution in [3.63, 3.8) is 0 Å². The minimum Gasteiger partial charge on any atom is -0.198 e. The van der Waals surface area contributed by atoms with Crippen LogP contribution < -0.4 is 0 Å². The molecule has 0 amide bonds. The van der Waals surface area contributed by atoms with Crippen molar-refractivity contribution in [2.75, 3.05) is 0 Å². The lowest BCUT2D eigenvalue weighted by Gasteiger charge is -2.01. The second kappa shape index (κ2) is 4.81. The number of nitriles is 1. The van der Waals surface area contributed by atoms with Gasteiger partial charge in [0.2, 0.25) is 0 Å². The molecule has 0 bridgehead atoms. The van der Waals surface area contributed by atoms with E-state index >= 15 is 0 Å². The van der Waals surface area contributed by atoms with Crippen LogP contribution in [-0.2, 0) is 6.42 Å². The van der Waals surface area contributed by atoms with Crippen molar-refractivity contribution in [3.8, 4) is 6.07 Å². The quantitative estimate of drug-likeness (QED) is 0.609. The van der Waals surface area contributed by atoms with E-state index in [0.717, 1.165) is 12.8 Å². The fraction of sp³-hybridized carbons (Fsp3) is 0.462. The Balaban J connectivity index is 0.000000461. The molecule has 0 heterocycles. The maximum atomic E-state index is 8.83. The van der Waals surface area contributed by atoms with Gasteiger partial charge in [0, 0.05) is 0 Å². The number of hydrogen-bond acceptors (Lipinski definition) is 1. The van der Waals surface area contributed by atoms with E-state index in [2.05, 4.69) is 31.2 Å². The minimum atomic E-state index is 0.153. The summed E-state index contributed by atoms with van der Waals surface area (Å²) in [5, 5.41) is 8.83. The topological polar surface area (TPSA) is 23.8 Å². The molecular formula is C13H17N. The molecule has 2 rings (SSSR count). The van der Waals surface area contributed by atoms with E-state index in [4.69, 9.17) is 5.26 Å². The number of fused-ring (bicyclic) bond motifs is 1. The van der Waals surface area contributed by atoms with Crippen molar-refractivity contribution in [2.45, 2.75) is 39.5 Å². The summed E-state index contributed by atoms with van der Waals surface area (Å²) in [7, 11) is 0. The first-order valence-corrected chi connectivity index (χ1v) is 5.30. The van der Waals surface area contributed by atoms with Crippen molar-refractivity contribution in [1.82, 2.24) is 0 Å². The molecular weight excluding hydrogens is 170 g/mol. The summed E-state index contributed by atoms with van der Waals surface area (Å²) >= 11 is 0. The number of aryl methyl sites for hydroxylation is 2. The first kappa shape index (κ1) is 10.8. The largest absolute Gasteiger partial charge is 0.198 e. The van der Waals surface area contributed by atoms with Gasteiger partial charge in [-0.1, -0.05) is 37.6 Å². The molecule has 1 aliphatic rings. The second-order valence-electron chi connectivity index (χ2n) is 3.42. The Morgan fingerprint density at radius 2 is 2.07 bits per heavy atom. The third-order valence-corrected chi connectivity index (χ3v) is 2.53. The van der Waals surface area contributed by atoms with Crippen LogP contribution in [0.25, 0.3) is 0 Å². The number of hydrogen-bond donors (Lipinski definition) is 0. The van der Waals surface area contributed by atoms with E-state index in [1.54, 1.807) is 0 Å². The molecule has 1 atom stereocenters. The van der Waals surface area contributed by atoms with E-state index in [0.29, 0.717) is 0 Å². The van der Waals surface area contributed by atoms with Crippen molar-refractivity contribution in [2.24, 2.45) is 0 Å². The highest BCUT2D eigenvalue weighted by Gasteiger charge is 2.21. The predicted molar refractivity (Wildman–Crippen MR) is 59.2 cm³/mol. The Bertz CT molecular complexity index is 347. The van der Waals surface area contributed by atoms with E-state index in [9.17, 15) is 0 Å². The van der Waals surface area contributed by atoms with Gasteiger partial charge in [0.05, 0.1) is 12.0 Å². The Morgan fingerprint density at radius 1 is 1.36 bits per heavy atom. The van der Waals surface area contributed by atoms with Gasteiger partial charge in [0.1, 0.15) is 0 Å². The second-order valence-corrected chi connectivity index (χ2v) is 3.42. The van der Waals surface area contributed by atoms with Crippen LogP contribution in [0.2, 0.25) is 0 Å². The summed E-state index contributed by atoms with van der Waals surface area (Å²) in [6.45, 7) is 6.10. The van der Waals surface area contributed by atoms with Crippen molar-refractivity contribution in [3.05, 3.63) is 34.9 Å². The highest BCUT2D eigenvalue weighted by atomic mass is 14.3. The first-order valence-electron chi connectivity index (χ1n) is 5.30. The monoisotopic (exact) mass is 187 g/mol. The van der Waals surface area contributed by atoms with Gasteiger partial charge < -0.3 is 0 Å². The summed E-state index contributed by atoms with van der Waals surface area (Å²) < 4.78 is 0. The van der Waals surface area contributed by atoms with Crippen LogP contribution >= 0.6 is 0 Å². The molecule has 0 radical (unpaired) electrons. The number of rotatable bonds is 0. The van der Waals surface area contributed by atoms with Crippen molar-refractivity contribution < 1.29 is 0 Å². The SMILES string of the molecule is CC.Cc1ccc2c(c1)CCC2C#N. The molecule has 0 fully saturated rings. The lowest BCUT2D eigenvalue weighted by atomic mass is 10.0. The smallest absolute Gasteiger partial charge is 0.0718 e.